The molecule has 1 aliphatic heterocycles. The van der Waals surface area contributed by atoms with Crippen LogP contribution in [0, 0.1) is 0 Å². The standard InChI is InChI=1S/C42H73O11P/c1-3-5-7-8-9-10-11-12-13-14-15-16-21-24-28-32-42(46)52-38(36-51-54(47,48)50-34-37(44)33-43)35-49-41(45)31-27-23-20-18-17-19-22-26-30-40-39(53-40)29-25-6-4-2/h9-10,12-13,15-16,22,26,37-40,43-44H,3-8,11,14,17-21,23-25,27-36H2,1-2H3,(H,47,48)/b10-9-,13-12-,16-15-,26-22-/t37-,38+,39?,40?/m0/s1. The second-order valence-electron chi connectivity index (χ2n) is 14.0. The fraction of sp³-hybridized carbons (Fsp3) is 0.762. The molecule has 1 rings (SSSR count). The molecular formula is C42H73O11P. The summed E-state index contributed by atoms with van der Waals surface area (Å²) < 4.78 is 38.3. The summed E-state index contributed by atoms with van der Waals surface area (Å²) in [5, 5.41) is 18.3. The lowest BCUT2D eigenvalue weighted by molar-refractivity contribution is -0.161. The Hall–Kier alpha value is -2.11. The van der Waals surface area contributed by atoms with Crippen molar-refractivity contribution in [1.29, 1.82) is 0 Å². The highest BCUT2D eigenvalue weighted by atomic mass is 31.2. The first-order chi connectivity index (χ1) is 26.2. The van der Waals surface area contributed by atoms with Crippen LogP contribution in [0.3, 0.4) is 0 Å². The molecule has 0 saturated carbocycles. The molecule has 0 aromatic rings. The number of hydrogen-bond acceptors (Lipinski definition) is 10. The van der Waals surface area contributed by atoms with Gasteiger partial charge in [0.1, 0.15) is 12.7 Å². The largest absolute Gasteiger partial charge is 0.472 e. The van der Waals surface area contributed by atoms with Gasteiger partial charge in [-0.05, 0) is 77.0 Å². The molecule has 3 N–H and O–H groups in total. The van der Waals surface area contributed by atoms with Crippen LogP contribution in [0.4, 0.5) is 0 Å². The molecule has 12 heteroatoms. The molecule has 0 spiro atoms. The van der Waals surface area contributed by atoms with Gasteiger partial charge >= 0.3 is 19.8 Å². The number of carbonyl (C=O) groups is 2. The number of aliphatic hydroxyl groups excluding tert-OH is 2. The highest BCUT2D eigenvalue weighted by molar-refractivity contribution is 7.47. The predicted octanol–water partition coefficient (Wildman–Crippen LogP) is 9.54. The van der Waals surface area contributed by atoms with Gasteiger partial charge in [0.2, 0.25) is 0 Å². The molecular weight excluding hydrogens is 711 g/mol. The molecule has 0 aliphatic carbocycles. The molecule has 0 aromatic carbocycles. The van der Waals surface area contributed by atoms with E-state index < -0.39 is 51.8 Å². The van der Waals surface area contributed by atoms with E-state index in [1.807, 2.05) is 0 Å². The molecule has 3 unspecified atom stereocenters. The van der Waals surface area contributed by atoms with Crippen molar-refractivity contribution in [2.24, 2.45) is 0 Å². The third kappa shape index (κ3) is 31.1. The number of phosphoric ester groups is 1. The summed E-state index contributed by atoms with van der Waals surface area (Å²) in [5.41, 5.74) is 0. The Morgan fingerprint density at radius 2 is 1.20 bits per heavy atom. The normalized spacial score (nSPS) is 18.2. The average molecular weight is 785 g/mol. The second-order valence-corrected chi connectivity index (χ2v) is 15.5. The highest BCUT2D eigenvalue weighted by Crippen LogP contribution is 2.43. The molecule has 11 nitrogen and oxygen atoms in total. The molecule has 5 atom stereocenters. The lowest BCUT2D eigenvalue weighted by Crippen LogP contribution is -2.29. The van der Waals surface area contributed by atoms with Crippen LogP contribution in [-0.2, 0) is 37.4 Å². The Morgan fingerprint density at radius 3 is 1.89 bits per heavy atom. The molecule has 0 amide bonds. The molecule has 0 radical (unpaired) electrons. The van der Waals surface area contributed by atoms with Gasteiger partial charge in [-0.2, -0.15) is 0 Å². The molecule has 1 fully saturated rings. The van der Waals surface area contributed by atoms with Gasteiger partial charge in [-0.3, -0.25) is 18.6 Å². The highest BCUT2D eigenvalue weighted by Gasteiger charge is 2.36. The van der Waals surface area contributed by atoms with Crippen molar-refractivity contribution in [3.8, 4) is 0 Å². The topological polar surface area (TPSA) is 161 Å². The van der Waals surface area contributed by atoms with Gasteiger partial charge in [0, 0.05) is 12.8 Å². The Kier molecular flexibility index (Phi) is 31.6. The quantitative estimate of drug-likeness (QED) is 0.0181. The summed E-state index contributed by atoms with van der Waals surface area (Å²) in [6.45, 7) is 2.24. The summed E-state index contributed by atoms with van der Waals surface area (Å²) in [5.74, 6) is -0.995. The van der Waals surface area contributed by atoms with E-state index in [-0.39, 0.29) is 19.4 Å². The number of phosphoric acid groups is 1. The zero-order chi connectivity index (χ0) is 39.5. The van der Waals surface area contributed by atoms with Crippen LogP contribution in [0.5, 0.6) is 0 Å². The molecule has 0 bridgehead atoms. The number of epoxide rings is 1. The SMILES string of the molecule is CCCCC/C=C\C/C=C\C/C=C\CCCCC(=O)O[C@H](COC(=O)CCCCCCC/C=C\CC1OC1CCCCC)COP(=O)(O)OC[C@@H](O)CO. The minimum absolute atomic E-state index is 0.128. The molecule has 0 aromatic heterocycles. The monoisotopic (exact) mass is 784 g/mol. The van der Waals surface area contributed by atoms with Crippen molar-refractivity contribution in [1.82, 2.24) is 0 Å². The molecule has 1 heterocycles. The smallest absolute Gasteiger partial charge is 0.462 e. The van der Waals surface area contributed by atoms with Gasteiger partial charge in [-0.25, -0.2) is 4.57 Å². The number of allylic oxidation sites excluding steroid dienone is 7. The number of hydrogen-bond donors (Lipinski definition) is 3. The second kappa shape index (κ2) is 34.2. The number of aliphatic hydroxyl groups is 2. The summed E-state index contributed by atoms with van der Waals surface area (Å²) in [6, 6.07) is 0. The number of esters is 2. The average Bonchev–Trinajstić information content (AvgIpc) is 3.91. The number of ether oxygens (including phenoxy) is 3. The summed E-state index contributed by atoms with van der Waals surface area (Å²) in [7, 11) is -4.63. The fourth-order valence-corrected chi connectivity index (χ4v) is 6.32. The van der Waals surface area contributed by atoms with Crippen LogP contribution < -0.4 is 0 Å². The van der Waals surface area contributed by atoms with E-state index in [4.69, 9.17) is 23.8 Å². The first-order valence-corrected chi connectivity index (χ1v) is 22.2. The van der Waals surface area contributed by atoms with Gasteiger partial charge in [0.25, 0.3) is 0 Å². The van der Waals surface area contributed by atoms with Crippen LogP contribution in [0.25, 0.3) is 0 Å². The Balaban J connectivity index is 2.30. The first kappa shape index (κ1) is 49.9. The van der Waals surface area contributed by atoms with E-state index >= 15 is 0 Å². The van der Waals surface area contributed by atoms with Crippen molar-refractivity contribution in [2.45, 2.75) is 180 Å². The van der Waals surface area contributed by atoms with Crippen LogP contribution in [-0.4, -0.2) is 77.9 Å². The third-order valence-electron chi connectivity index (χ3n) is 8.88. The molecule has 54 heavy (non-hydrogen) atoms. The third-order valence-corrected chi connectivity index (χ3v) is 9.83. The van der Waals surface area contributed by atoms with Gasteiger partial charge in [-0.1, -0.05) is 114 Å². The Morgan fingerprint density at radius 1 is 0.667 bits per heavy atom. The van der Waals surface area contributed by atoms with Gasteiger partial charge in [0.15, 0.2) is 6.10 Å². The van der Waals surface area contributed by atoms with Crippen LogP contribution >= 0.6 is 7.82 Å². The van der Waals surface area contributed by atoms with Crippen LogP contribution in [0.1, 0.15) is 155 Å². The lowest BCUT2D eigenvalue weighted by atomic mass is 10.1. The Bertz CT molecular complexity index is 1110. The summed E-state index contributed by atoms with van der Waals surface area (Å²) in [4.78, 5) is 34.9. The molecule has 1 aliphatic rings. The van der Waals surface area contributed by atoms with E-state index in [1.165, 1.54) is 44.9 Å². The zero-order valence-corrected chi connectivity index (χ0v) is 34.3. The maximum Gasteiger partial charge on any atom is 0.472 e. The molecule has 312 valence electrons. The molecule has 1 saturated heterocycles. The minimum Gasteiger partial charge on any atom is -0.462 e. The van der Waals surface area contributed by atoms with E-state index in [2.05, 4.69) is 67.0 Å². The number of carbonyl (C=O) groups excluding carboxylic acids is 2. The number of unbranched alkanes of at least 4 members (excludes halogenated alkanes) is 12. The van der Waals surface area contributed by atoms with Crippen molar-refractivity contribution in [3.63, 3.8) is 0 Å². The maximum absolute atomic E-state index is 12.6. The fourth-order valence-electron chi connectivity index (χ4n) is 5.53. The number of rotatable bonds is 37. The van der Waals surface area contributed by atoms with Crippen molar-refractivity contribution < 1.29 is 52.5 Å². The maximum atomic E-state index is 12.6. The van der Waals surface area contributed by atoms with Crippen molar-refractivity contribution in [2.75, 3.05) is 26.4 Å². The van der Waals surface area contributed by atoms with Gasteiger partial charge < -0.3 is 29.3 Å². The van der Waals surface area contributed by atoms with E-state index in [0.29, 0.717) is 25.0 Å². The van der Waals surface area contributed by atoms with E-state index in [9.17, 15) is 24.2 Å². The van der Waals surface area contributed by atoms with E-state index in [0.717, 1.165) is 70.6 Å². The Labute approximate surface area is 326 Å². The summed E-state index contributed by atoms with van der Waals surface area (Å²) in [6.07, 6.45) is 36.8. The predicted molar refractivity (Wildman–Crippen MR) is 214 cm³/mol. The van der Waals surface area contributed by atoms with Gasteiger partial charge in [-0.15, -0.1) is 0 Å². The first-order valence-electron chi connectivity index (χ1n) is 20.7. The minimum atomic E-state index is -4.63. The van der Waals surface area contributed by atoms with Crippen molar-refractivity contribution >= 4 is 19.8 Å². The summed E-state index contributed by atoms with van der Waals surface area (Å²) >= 11 is 0. The van der Waals surface area contributed by atoms with Crippen LogP contribution in [0.2, 0.25) is 0 Å². The van der Waals surface area contributed by atoms with Crippen molar-refractivity contribution in [3.05, 3.63) is 48.6 Å². The lowest BCUT2D eigenvalue weighted by Gasteiger charge is -2.20. The zero-order valence-electron chi connectivity index (χ0n) is 33.4. The van der Waals surface area contributed by atoms with E-state index in [1.54, 1.807) is 0 Å². The van der Waals surface area contributed by atoms with Crippen LogP contribution in [0.15, 0.2) is 48.6 Å². The van der Waals surface area contributed by atoms with Gasteiger partial charge in [0.05, 0.1) is 32.0 Å².